The molecule has 0 aromatic carbocycles. The summed E-state index contributed by atoms with van der Waals surface area (Å²) >= 11 is 1.67. The number of aliphatic carboxylic acids is 1. The van der Waals surface area contributed by atoms with Gasteiger partial charge >= 0.3 is 5.97 Å². The van der Waals surface area contributed by atoms with Crippen LogP contribution >= 0.6 is 11.3 Å². The summed E-state index contributed by atoms with van der Waals surface area (Å²) in [7, 11) is 0. The predicted octanol–water partition coefficient (Wildman–Crippen LogP) is 2.80. The normalized spacial score (nSPS) is 12.6. The van der Waals surface area contributed by atoms with Gasteiger partial charge in [-0.25, -0.2) is 9.97 Å². The Morgan fingerprint density at radius 2 is 2.20 bits per heavy atom. The molecule has 0 aliphatic rings. The molecule has 0 saturated heterocycles. The number of fused-ring (bicyclic) bond motifs is 1. The Bertz CT molecular complexity index is 611. The lowest BCUT2D eigenvalue weighted by Crippen LogP contribution is -2.32. The van der Waals surface area contributed by atoms with Crippen molar-refractivity contribution in [2.24, 2.45) is 5.92 Å². The number of aromatic nitrogens is 2. The molecule has 2 aromatic heterocycles. The van der Waals surface area contributed by atoms with Crippen molar-refractivity contribution in [2.75, 3.05) is 18.0 Å². The molecule has 1 unspecified atom stereocenters. The van der Waals surface area contributed by atoms with Crippen molar-refractivity contribution in [3.05, 3.63) is 17.3 Å². The average molecular weight is 293 g/mol. The van der Waals surface area contributed by atoms with Crippen molar-refractivity contribution in [3.8, 4) is 0 Å². The van der Waals surface area contributed by atoms with E-state index in [1.165, 1.54) is 4.88 Å². The van der Waals surface area contributed by atoms with Crippen molar-refractivity contribution >= 4 is 33.3 Å². The average Bonchev–Trinajstić information content (AvgIpc) is 2.87. The second-order valence-corrected chi connectivity index (χ2v) is 5.88. The monoisotopic (exact) mass is 293 g/mol. The molecule has 0 fully saturated rings. The summed E-state index contributed by atoms with van der Waals surface area (Å²) in [4.78, 5) is 24.0. The molecular formula is C14H19N3O2S. The number of carboxylic acid groups (broad SMARTS) is 1. The van der Waals surface area contributed by atoms with Gasteiger partial charge in [-0.1, -0.05) is 13.8 Å². The first-order valence-electron chi connectivity index (χ1n) is 6.78. The number of anilines is 1. The Morgan fingerprint density at radius 3 is 2.80 bits per heavy atom. The number of thiophene rings is 1. The summed E-state index contributed by atoms with van der Waals surface area (Å²) < 4.78 is 0. The SMILES string of the molecule is CCc1cc2c(N(CC)CC(C)C(=O)O)ncnc2s1. The van der Waals surface area contributed by atoms with Crippen LogP contribution < -0.4 is 4.90 Å². The fraction of sp³-hybridized carbons (Fsp3) is 0.500. The second-order valence-electron chi connectivity index (χ2n) is 4.76. The topological polar surface area (TPSA) is 66.3 Å². The molecule has 20 heavy (non-hydrogen) atoms. The molecule has 5 nitrogen and oxygen atoms in total. The van der Waals surface area contributed by atoms with Crippen LogP contribution in [0.5, 0.6) is 0 Å². The molecule has 0 aliphatic carbocycles. The maximum atomic E-state index is 11.0. The van der Waals surface area contributed by atoms with Gasteiger partial charge in [0.25, 0.3) is 0 Å². The third kappa shape index (κ3) is 2.90. The molecule has 2 heterocycles. The Balaban J connectivity index is 2.38. The van der Waals surface area contributed by atoms with E-state index in [2.05, 4.69) is 23.0 Å². The van der Waals surface area contributed by atoms with E-state index in [0.717, 1.165) is 29.0 Å². The number of hydrogen-bond donors (Lipinski definition) is 1. The highest BCUT2D eigenvalue weighted by atomic mass is 32.1. The molecule has 0 amide bonds. The maximum absolute atomic E-state index is 11.0. The number of aryl methyl sites for hydroxylation is 1. The van der Waals surface area contributed by atoms with Crippen LogP contribution in [-0.4, -0.2) is 34.1 Å². The third-order valence-corrected chi connectivity index (χ3v) is 4.49. The minimum atomic E-state index is -0.784. The fourth-order valence-electron chi connectivity index (χ4n) is 2.09. The number of carbonyl (C=O) groups is 1. The zero-order valence-electron chi connectivity index (χ0n) is 12.0. The van der Waals surface area contributed by atoms with Gasteiger partial charge < -0.3 is 10.0 Å². The van der Waals surface area contributed by atoms with Gasteiger partial charge in [-0.05, 0) is 19.4 Å². The minimum Gasteiger partial charge on any atom is -0.481 e. The highest BCUT2D eigenvalue weighted by molar-refractivity contribution is 7.18. The van der Waals surface area contributed by atoms with Gasteiger partial charge in [0.15, 0.2) is 0 Å². The van der Waals surface area contributed by atoms with Crippen molar-refractivity contribution in [1.82, 2.24) is 9.97 Å². The largest absolute Gasteiger partial charge is 0.481 e. The maximum Gasteiger partial charge on any atom is 0.308 e. The second kappa shape index (κ2) is 6.17. The first-order valence-corrected chi connectivity index (χ1v) is 7.59. The molecule has 1 atom stereocenters. The van der Waals surface area contributed by atoms with E-state index in [9.17, 15) is 4.79 Å². The molecule has 6 heteroatoms. The summed E-state index contributed by atoms with van der Waals surface area (Å²) in [6.45, 7) is 7.02. The summed E-state index contributed by atoms with van der Waals surface area (Å²) in [6.07, 6.45) is 2.53. The number of hydrogen-bond acceptors (Lipinski definition) is 5. The van der Waals surface area contributed by atoms with Crippen LogP contribution in [0.1, 0.15) is 25.6 Å². The van der Waals surface area contributed by atoms with E-state index in [0.29, 0.717) is 6.54 Å². The molecular weight excluding hydrogens is 274 g/mol. The molecule has 1 N–H and O–H groups in total. The van der Waals surface area contributed by atoms with Gasteiger partial charge in [0.1, 0.15) is 17.0 Å². The van der Waals surface area contributed by atoms with E-state index < -0.39 is 11.9 Å². The van der Waals surface area contributed by atoms with Crippen molar-refractivity contribution < 1.29 is 9.90 Å². The zero-order chi connectivity index (χ0) is 14.7. The quantitative estimate of drug-likeness (QED) is 0.887. The summed E-state index contributed by atoms with van der Waals surface area (Å²) in [5, 5.41) is 10.1. The molecule has 2 rings (SSSR count). The minimum absolute atomic E-state index is 0.427. The van der Waals surface area contributed by atoms with E-state index in [1.807, 2.05) is 11.8 Å². The van der Waals surface area contributed by atoms with Crippen LogP contribution in [0, 0.1) is 5.92 Å². The Kier molecular flexibility index (Phi) is 4.54. The number of carboxylic acids is 1. The van der Waals surface area contributed by atoms with Gasteiger partial charge in [-0.3, -0.25) is 4.79 Å². The zero-order valence-corrected chi connectivity index (χ0v) is 12.8. The van der Waals surface area contributed by atoms with Crippen molar-refractivity contribution in [3.63, 3.8) is 0 Å². The summed E-state index contributed by atoms with van der Waals surface area (Å²) in [6, 6.07) is 2.11. The predicted molar refractivity (Wildman–Crippen MR) is 81.5 cm³/mol. The number of nitrogens with zero attached hydrogens (tertiary/aromatic N) is 3. The van der Waals surface area contributed by atoms with Crippen LogP contribution in [0.2, 0.25) is 0 Å². The third-order valence-electron chi connectivity index (χ3n) is 3.30. The highest BCUT2D eigenvalue weighted by Crippen LogP contribution is 2.30. The van der Waals surface area contributed by atoms with Crippen LogP contribution in [0.15, 0.2) is 12.4 Å². The molecule has 108 valence electrons. The lowest BCUT2D eigenvalue weighted by Gasteiger charge is -2.24. The molecule has 0 radical (unpaired) electrons. The molecule has 0 spiro atoms. The lowest BCUT2D eigenvalue weighted by molar-refractivity contribution is -0.140. The highest BCUT2D eigenvalue weighted by Gasteiger charge is 2.19. The molecule has 0 bridgehead atoms. The lowest BCUT2D eigenvalue weighted by atomic mass is 10.1. The van der Waals surface area contributed by atoms with Gasteiger partial charge in [-0.15, -0.1) is 11.3 Å². The van der Waals surface area contributed by atoms with Gasteiger partial charge in [0.05, 0.1) is 11.3 Å². The molecule has 0 aliphatic heterocycles. The van der Waals surface area contributed by atoms with Crippen LogP contribution in [0.25, 0.3) is 10.2 Å². The fourth-order valence-corrected chi connectivity index (χ4v) is 3.02. The van der Waals surface area contributed by atoms with E-state index in [1.54, 1.807) is 24.6 Å². The van der Waals surface area contributed by atoms with E-state index >= 15 is 0 Å². The van der Waals surface area contributed by atoms with Gasteiger partial charge in [0, 0.05) is 18.0 Å². The van der Waals surface area contributed by atoms with Crippen LogP contribution in [-0.2, 0) is 11.2 Å². The first-order chi connectivity index (χ1) is 9.56. The van der Waals surface area contributed by atoms with Crippen molar-refractivity contribution in [2.45, 2.75) is 27.2 Å². The van der Waals surface area contributed by atoms with Gasteiger partial charge in [-0.2, -0.15) is 0 Å². The Morgan fingerprint density at radius 1 is 1.45 bits per heavy atom. The first kappa shape index (κ1) is 14.7. The smallest absolute Gasteiger partial charge is 0.308 e. The standard InChI is InChI=1S/C14H19N3O2S/c1-4-10-6-11-12(15-8-16-13(11)20-10)17(5-2)7-9(3)14(18)19/h6,8-9H,4-5,7H2,1-3H3,(H,18,19). The molecule has 0 saturated carbocycles. The number of rotatable bonds is 6. The Hall–Kier alpha value is -1.69. The van der Waals surface area contributed by atoms with Crippen LogP contribution in [0.4, 0.5) is 5.82 Å². The van der Waals surface area contributed by atoms with Crippen LogP contribution in [0.3, 0.4) is 0 Å². The Labute approximate surface area is 122 Å². The van der Waals surface area contributed by atoms with Gasteiger partial charge in [0.2, 0.25) is 0 Å². The van der Waals surface area contributed by atoms with E-state index in [-0.39, 0.29) is 0 Å². The van der Waals surface area contributed by atoms with E-state index in [4.69, 9.17) is 5.11 Å². The van der Waals surface area contributed by atoms with Crippen molar-refractivity contribution in [1.29, 1.82) is 0 Å². The summed E-state index contributed by atoms with van der Waals surface area (Å²) in [5.41, 5.74) is 0. The summed E-state index contributed by atoms with van der Waals surface area (Å²) in [5.74, 6) is -0.376. The molecule has 2 aromatic rings.